The summed E-state index contributed by atoms with van der Waals surface area (Å²) in [5.41, 5.74) is 1.73. The van der Waals surface area contributed by atoms with Crippen molar-refractivity contribution in [3.05, 3.63) is 70.8 Å². The van der Waals surface area contributed by atoms with Gasteiger partial charge in [-0.2, -0.15) is 0 Å². The maximum atomic E-state index is 13.1. The lowest BCUT2D eigenvalue weighted by Crippen LogP contribution is -2.44. The predicted octanol–water partition coefficient (Wildman–Crippen LogP) is 4.38. The van der Waals surface area contributed by atoms with Crippen LogP contribution in [-0.4, -0.2) is 45.7 Å². The largest absolute Gasteiger partial charge is 0.508 e. The van der Waals surface area contributed by atoms with Crippen LogP contribution >= 0.6 is 0 Å². The van der Waals surface area contributed by atoms with E-state index in [-0.39, 0.29) is 30.4 Å². The van der Waals surface area contributed by atoms with Crippen LogP contribution in [0.4, 0.5) is 4.79 Å². The van der Waals surface area contributed by atoms with E-state index in [0.717, 1.165) is 11.1 Å². The molecule has 1 amide bonds. The highest BCUT2D eigenvalue weighted by atomic mass is 16.6. The fourth-order valence-corrected chi connectivity index (χ4v) is 3.04. The quantitative estimate of drug-likeness (QED) is 0.721. The molecule has 0 bridgehead atoms. The minimum absolute atomic E-state index is 0.127. The molecule has 2 N–H and O–H groups in total. The number of carbonyl (C=O) groups is 2. The van der Waals surface area contributed by atoms with E-state index in [4.69, 9.17) is 4.74 Å². The van der Waals surface area contributed by atoms with E-state index in [1.165, 1.54) is 4.90 Å². The van der Waals surface area contributed by atoms with E-state index in [2.05, 4.69) is 0 Å². The topological polar surface area (TPSA) is 87.1 Å². The molecule has 1 heterocycles. The zero-order valence-electron chi connectivity index (χ0n) is 17.3. The summed E-state index contributed by atoms with van der Waals surface area (Å²) in [7, 11) is 0. The van der Waals surface area contributed by atoms with Gasteiger partial charge >= 0.3 is 6.09 Å². The number of ketones is 1. The van der Waals surface area contributed by atoms with E-state index in [1.54, 1.807) is 81.5 Å². The van der Waals surface area contributed by atoms with Gasteiger partial charge in [0.2, 0.25) is 0 Å². The fraction of sp³-hybridized carbons (Fsp3) is 0.250. The van der Waals surface area contributed by atoms with Gasteiger partial charge in [0, 0.05) is 11.1 Å². The summed E-state index contributed by atoms with van der Waals surface area (Å²) in [5, 5.41) is 19.0. The number of ether oxygens (including phenoxy) is 1. The number of rotatable bonds is 2. The third-order valence-corrected chi connectivity index (χ3v) is 4.43. The molecule has 0 aliphatic carbocycles. The Morgan fingerprint density at radius 1 is 0.867 bits per heavy atom. The Bertz CT molecular complexity index is 928. The number of carbonyl (C=O) groups excluding carboxylic acids is 2. The van der Waals surface area contributed by atoms with E-state index in [1.807, 2.05) is 0 Å². The van der Waals surface area contributed by atoms with Crippen LogP contribution in [-0.2, 0) is 9.53 Å². The number of nitrogens with zero attached hydrogens (tertiary/aromatic N) is 1. The van der Waals surface area contributed by atoms with Crippen molar-refractivity contribution >= 4 is 24.0 Å². The van der Waals surface area contributed by atoms with Gasteiger partial charge in [0.05, 0.1) is 13.1 Å². The molecule has 3 rings (SSSR count). The van der Waals surface area contributed by atoms with Gasteiger partial charge in [-0.1, -0.05) is 24.3 Å². The molecule has 0 radical (unpaired) electrons. The molecular formula is C24H25NO5. The molecular weight excluding hydrogens is 382 g/mol. The molecule has 6 nitrogen and oxygen atoms in total. The Hall–Kier alpha value is -3.54. The minimum Gasteiger partial charge on any atom is -0.508 e. The third-order valence-electron chi connectivity index (χ3n) is 4.43. The molecule has 0 saturated carbocycles. The number of Topliss-reactive ketones (excluding diaryl/α,β-unsaturated/α-hetero) is 1. The Balaban J connectivity index is 1.97. The van der Waals surface area contributed by atoms with Crippen molar-refractivity contribution in [2.24, 2.45) is 0 Å². The Morgan fingerprint density at radius 2 is 1.27 bits per heavy atom. The lowest BCUT2D eigenvalue weighted by atomic mass is 9.94. The number of hydrogen-bond acceptors (Lipinski definition) is 5. The van der Waals surface area contributed by atoms with Gasteiger partial charge in [0.15, 0.2) is 5.78 Å². The van der Waals surface area contributed by atoms with Crippen molar-refractivity contribution < 1.29 is 24.5 Å². The molecule has 2 aromatic carbocycles. The van der Waals surface area contributed by atoms with Gasteiger partial charge < -0.3 is 14.9 Å². The van der Waals surface area contributed by atoms with E-state index >= 15 is 0 Å². The summed E-state index contributed by atoms with van der Waals surface area (Å²) in [6, 6.07) is 13.0. The summed E-state index contributed by atoms with van der Waals surface area (Å²) >= 11 is 0. The van der Waals surface area contributed by atoms with Crippen LogP contribution in [0, 0.1) is 0 Å². The molecule has 2 aromatic rings. The number of benzene rings is 2. The first-order valence-corrected chi connectivity index (χ1v) is 9.62. The lowest BCUT2D eigenvalue weighted by Gasteiger charge is -2.32. The normalized spacial score (nSPS) is 17.4. The number of phenolic OH excluding ortho intramolecular Hbond substituents is 2. The zero-order valence-corrected chi connectivity index (χ0v) is 17.3. The van der Waals surface area contributed by atoms with Crippen molar-refractivity contribution in [3.63, 3.8) is 0 Å². The average Bonchev–Trinajstić information content (AvgIpc) is 2.67. The summed E-state index contributed by atoms with van der Waals surface area (Å²) < 4.78 is 5.50. The fourth-order valence-electron chi connectivity index (χ4n) is 3.04. The van der Waals surface area contributed by atoms with Crippen LogP contribution < -0.4 is 0 Å². The Morgan fingerprint density at radius 3 is 1.63 bits per heavy atom. The highest BCUT2D eigenvalue weighted by molar-refractivity contribution is 6.15. The van der Waals surface area contributed by atoms with Crippen LogP contribution in [0.2, 0.25) is 0 Å². The van der Waals surface area contributed by atoms with E-state index in [9.17, 15) is 19.8 Å². The molecule has 156 valence electrons. The first-order valence-electron chi connectivity index (χ1n) is 9.62. The van der Waals surface area contributed by atoms with Crippen molar-refractivity contribution in [2.45, 2.75) is 26.4 Å². The molecule has 0 spiro atoms. The second-order valence-electron chi connectivity index (χ2n) is 8.19. The van der Waals surface area contributed by atoms with E-state index in [0.29, 0.717) is 11.1 Å². The summed E-state index contributed by atoms with van der Waals surface area (Å²) in [5.74, 6) is 0.113. The maximum Gasteiger partial charge on any atom is 0.410 e. The van der Waals surface area contributed by atoms with Crippen LogP contribution in [0.15, 0.2) is 59.7 Å². The van der Waals surface area contributed by atoms with Crippen molar-refractivity contribution in [3.8, 4) is 11.5 Å². The monoisotopic (exact) mass is 407 g/mol. The SMILES string of the molecule is CC(C)(C)OC(=O)N1C/C(=C\c2ccc(O)cc2)C(=O)/C(=C/c2ccc(O)cc2)C1. The van der Waals surface area contributed by atoms with Gasteiger partial charge in [-0.05, 0) is 68.3 Å². The predicted molar refractivity (Wildman–Crippen MR) is 115 cm³/mol. The number of hydrogen-bond donors (Lipinski definition) is 2. The summed E-state index contributed by atoms with van der Waals surface area (Å²) in [4.78, 5) is 27.3. The molecule has 30 heavy (non-hydrogen) atoms. The third kappa shape index (κ3) is 5.50. The van der Waals surface area contributed by atoms with Crippen molar-refractivity contribution in [2.75, 3.05) is 13.1 Å². The molecule has 0 atom stereocenters. The van der Waals surface area contributed by atoms with E-state index < -0.39 is 11.7 Å². The van der Waals surface area contributed by atoms with Crippen LogP contribution in [0.3, 0.4) is 0 Å². The van der Waals surface area contributed by atoms with Crippen LogP contribution in [0.1, 0.15) is 31.9 Å². The lowest BCUT2D eigenvalue weighted by molar-refractivity contribution is -0.113. The van der Waals surface area contributed by atoms with Crippen LogP contribution in [0.5, 0.6) is 11.5 Å². The number of phenols is 2. The minimum atomic E-state index is -0.653. The van der Waals surface area contributed by atoms with Gasteiger partial charge in [0.1, 0.15) is 17.1 Å². The number of likely N-dealkylation sites (tertiary alicyclic amines) is 1. The average molecular weight is 407 g/mol. The number of amides is 1. The highest BCUT2D eigenvalue weighted by Crippen LogP contribution is 2.25. The zero-order chi connectivity index (χ0) is 21.9. The van der Waals surface area contributed by atoms with Crippen molar-refractivity contribution in [1.82, 2.24) is 4.90 Å². The maximum absolute atomic E-state index is 13.1. The van der Waals surface area contributed by atoms with Gasteiger partial charge in [-0.3, -0.25) is 9.69 Å². The molecule has 1 saturated heterocycles. The smallest absolute Gasteiger partial charge is 0.410 e. The Labute approximate surface area is 175 Å². The Kier molecular flexibility index (Phi) is 5.96. The molecule has 1 aliphatic heterocycles. The first kappa shape index (κ1) is 21.2. The molecule has 6 heteroatoms. The summed E-state index contributed by atoms with van der Waals surface area (Å²) in [6.07, 6.45) is 2.93. The number of piperidine rings is 1. The molecule has 1 fully saturated rings. The molecule has 1 aliphatic rings. The second-order valence-corrected chi connectivity index (χ2v) is 8.19. The molecule has 0 unspecified atom stereocenters. The van der Waals surface area contributed by atoms with Gasteiger partial charge in [-0.25, -0.2) is 4.79 Å². The summed E-state index contributed by atoms with van der Waals surface area (Å²) in [6.45, 7) is 5.63. The second kappa shape index (κ2) is 8.45. The standard InChI is InChI=1S/C24H25NO5/c1-24(2,3)30-23(29)25-14-18(12-16-4-8-20(26)9-5-16)22(28)19(15-25)13-17-6-10-21(27)11-7-17/h4-13,26-27H,14-15H2,1-3H3/b18-12+,19-13+. The molecule has 0 aromatic heterocycles. The first-order chi connectivity index (χ1) is 14.1. The highest BCUT2D eigenvalue weighted by Gasteiger charge is 2.31. The van der Waals surface area contributed by atoms with Crippen LogP contribution in [0.25, 0.3) is 12.2 Å². The van der Waals surface area contributed by atoms with Gasteiger partial charge in [-0.15, -0.1) is 0 Å². The van der Waals surface area contributed by atoms with Gasteiger partial charge in [0.25, 0.3) is 0 Å². The van der Waals surface area contributed by atoms with Crippen molar-refractivity contribution in [1.29, 1.82) is 0 Å². The number of aromatic hydroxyl groups is 2.